The number of ether oxygens (including phenoxy) is 1. The van der Waals surface area contributed by atoms with Crippen LogP contribution in [0.25, 0.3) is 0 Å². The third kappa shape index (κ3) is 4.65. The summed E-state index contributed by atoms with van der Waals surface area (Å²) >= 11 is 12.1. The Balaban J connectivity index is 1.64. The Morgan fingerprint density at radius 2 is 1.81 bits per heavy atom. The van der Waals surface area contributed by atoms with Gasteiger partial charge in [-0.3, -0.25) is 14.5 Å². The van der Waals surface area contributed by atoms with E-state index in [1.807, 2.05) is 0 Å². The van der Waals surface area contributed by atoms with Crippen LogP contribution in [0.3, 0.4) is 0 Å². The van der Waals surface area contributed by atoms with Crippen LogP contribution in [0.1, 0.15) is 28.4 Å². The first-order valence-electron chi connectivity index (χ1n) is 9.19. The molecular weight excluding hydrogens is 445 g/mol. The molecule has 1 saturated heterocycles. The molecule has 8 nitrogen and oxygen atoms in total. The zero-order valence-corrected chi connectivity index (χ0v) is 18.2. The molecule has 1 unspecified atom stereocenters. The molecule has 31 heavy (non-hydrogen) atoms. The molecule has 0 bridgehead atoms. The number of esters is 1. The molecule has 1 fully saturated rings. The first-order chi connectivity index (χ1) is 14.7. The molecule has 2 N–H and O–H groups in total. The fourth-order valence-electron chi connectivity index (χ4n) is 3.19. The molecule has 1 atom stereocenters. The van der Waals surface area contributed by atoms with E-state index in [-0.39, 0.29) is 11.6 Å². The highest BCUT2D eigenvalue weighted by Gasteiger charge is 2.50. The summed E-state index contributed by atoms with van der Waals surface area (Å²) in [4.78, 5) is 50.0. The van der Waals surface area contributed by atoms with Gasteiger partial charge in [0.05, 0.1) is 12.7 Å². The average Bonchev–Trinajstić information content (AvgIpc) is 2.95. The van der Waals surface area contributed by atoms with Gasteiger partial charge in [0, 0.05) is 22.2 Å². The highest BCUT2D eigenvalue weighted by Crippen LogP contribution is 2.34. The first kappa shape index (κ1) is 22.6. The van der Waals surface area contributed by atoms with Gasteiger partial charge < -0.3 is 15.4 Å². The molecular formula is C21H19Cl2N3O5. The molecule has 1 aliphatic rings. The molecule has 10 heteroatoms. The number of carbonyl (C=O) groups is 4. The van der Waals surface area contributed by atoms with Gasteiger partial charge in [-0.15, -0.1) is 0 Å². The molecule has 2 aromatic carbocycles. The van der Waals surface area contributed by atoms with E-state index in [9.17, 15) is 19.2 Å². The molecule has 4 amide bonds. The molecule has 1 aliphatic heterocycles. The van der Waals surface area contributed by atoms with Crippen molar-refractivity contribution in [1.82, 2.24) is 15.5 Å². The van der Waals surface area contributed by atoms with E-state index in [4.69, 9.17) is 23.2 Å². The largest absolute Gasteiger partial charge is 0.465 e. The number of nitrogens with one attached hydrogen (secondary N) is 2. The lowest BCUT2D eigenvalue weighted by Crippen LogP contribution is -2.43. The van der Waals surface area contributed by atoms with Crippen LogP contribution in [0, 0.1) is 0 Å². The Labute approximate surface area is 188 Å². The lowest BCUT2D eigenvalue weighted by Gasteiger charge is -2.23. The van der Waals surface area contributed by atoms with Crippen molar-refractivity contribution in [1.29, 1.82) is 0 Å². The highest BCUT2D eigenvalue weighted by molar-refractivity contribution is 6.35. The van der Waals surface area contributed by atoms with Crippen LogP contribution in [0.15, 0.2) is 42.5 Å². The maximum absolute atomic E-state index is 12.9. The van der Waals surface area contributed by atoms with Gasteiger partial charge in [-0.25, -0.2) is 9.59 Å². The Morgan fingerprint density at radius 3 is 2.42 bits per heavy atom. The zero-order chi connectivity index (χ0) is 22.8. The number of nitrogens with zero attached hydrogens (tertiary/aromatic N) is 1. The second-order valence-electron chi connectivity index (χ2n) is 7.04. The van der Waals surface area contributed by atoms with Gasteiger partial charge in [-0.1, -0.05) is 41.4 Å². The highest BCUT2D eigenvalue weighted by atomic mass is 35.5. The minimum atomic E-state index is -1.41. The standard InChI is InChI=1S/C21H19Cl2N3O5/c1-21(15-8-7-14(22)9-16(15)23)19(29)26(20(30)25-21)11-17(27)24-10-12-3-5-13(6-4-12)18(28)31-2/h3-9H,10-11H2,1-2H3,(H,24,27)(H,25,30). The fraction of sp³-hybridized carbons (Fsp3) is 0.238. The SMILES string of the molecule is COC(=O)c1ccc(CNC(=O)CN2C(=O)NC(C)(c3ccc(Cl)cc3Cl)C2=O)cc1. The predicted molar refractivity (Wildman–Crippen MR) is 114 cm³/mol. The van der Waals surface area contributed by atoms with Crippen molar-refractivity contribution in [3.05, 3.63) is 69.2 Å². The van der Waals surface area contributed by atoms with Crippen LogP contribution < -0.4 is 10.6 Å². The Morgan fingerprint density at radius 1 is 1.13 bits per heavy atom. The lowest BCUT2D eigenvalue weighted by molar-refractivity contribution is -0.134. The van der Waals surface area contributed by atoms with E-state index in [1.165, 1.54) is 20.1 Å². The number of methoxy groups -OCH3 is 1. The molecule has 0 aromatic heterocycles. The monoisotopic (exact) mass is 463 g/mol. The molecule has 162 valence electrons. The summed E-state index contributed by atoms with van der Waals surface area (Å²) in [7, 11) is 1.29. The number of halogens is 2. The van der Waals surface area contributed by atoms with Crippen molar-refractivity contribution in [2.24, 2.45) is 0 Å². The average molecular weight is 464 g/mol. The van der Waals surface area contributed by atoms with Crippen LogP contribution in [0.5, 0.6) is 0 Å². The van der Waals surface area contributed by atoms with Gasteiger partial charge in [0.25, 0.3) is 5.91 Å². The van der Waals surface area contributed by atoms with Gasteiger partial charge in [0.15, 0.2) is 0 Å². The quantitative estimate of drug-likeness (QED) is 0.506. The second-order valence-corrected chi connectivity index (χ2v) is 7.88. The van der Waals surface area contributed by atoms with Gasteiger partial charge in [-0.05, 0) is 36.8 Å². The number of benzene rings is 2. The molecule has 1 heterocycles. The van der Waals surface area contributed by atoms with Crippen LogP contribution in [-0.2, 0) is 26.4 Å². The van der Waals surface area contributed by atoms with Gasteiger partial charge >= 0.3 is 12.0 Å². The Hall–Kier alpha value is -3.10. The Bertz CT molecular complexity index is 1060. The van der Waals surface area contributed by atoms with E-state index < -0.39 is 35.9 Å². The Kier molecular flexibility index (Phi) is 6.52. The number of urea groups is 1. The van der Waals surface area contributed by atoms with E-state index in [0.717, 1.165) is 10.5 Å². The normalized spacial score (nSPS) is 18.0. The minimum Gasteiger partial charge on any atom is -0.465 e. The molecule has 0 saturated carbocycles. The van der Waals surface area contributed by atoms with E-state index in [2.05, 4.69) is 15.4 Å². The second kappa shape index (κ2) is 8.95. The van der Waals surface area contributed by atoms with Crippen LogP contribution in [-0.4, -0.2) is 42.4 Å². The topological polar surface area (TPSA) is 105 Å². The van der Waals surface area contributed by atoms with Crippen molar-refractivity contribution in [2.45, 2.75) is 19.0 Å². The summed E-state index contributed by atoms with van der Waals surface area (Å²) in [5, 5.41) is 5.86. The van der Waals surface area contributed by atoms with Gasteiger partial charge in [-0.2, -0.15) is 0 Å². The number of amides is 4. The number of imide groups is 1. The first-order valence-corrected chi connectivity index (χ1v) is 9.95. The van der Waals surface area contributed by atoms with Crippen molar-refractivity contribution >= 4 is 47.0 Å². The zero-order valence-electron chi connectivity index (χ0n) is 16.7. The van der Waals surface area contributed by atoms with Gasteiger partial charge in [0.1, 0.15) is 12.1 Å². The summed E-state index contributed by atoms with van der Waals surface area (Å²) in [6, 6.07) is 10.4. The summed E-state index contributed by atoms with van der Waals surface area (Å²) in [6.45, 7) is 1.22. The third-order valence-electron chi connectivity index (χ3n) is 4.91. The van der Waals surface area contributed by atoms with E-state index in [0.29, 0.717) is 16.1 Å². The van der Waals surface area contributed by atoms with Crippen molar-refractivity contribution in [3.8, 4) is 0 Å². The molecule has 2 aromatic rings. The summed E-state index contributed by atoms with van der Waals surface area (Å²) in [5.74, 6) is -1.58. The predicted octanol–water partition coefficient (Wildman–Crippen LogP) is 2.86. The van der Waals surface area contributed by atoms with Crippen LogP contribution in [0.4, 0.5) is 4.79 Å². The summed E-state index contributed by atoms with van der Waals surface area (Å²) in [5.41, 5.74) is 0.0847. The summed E-state index contributed by atoms with van der Waals surface area (Å²) in [6.07, 6.45) is 0. The minimum absolute atomic E-state index is 0.157. The molecule has 3 rings (SSSR count). The number of carbonyl (C=O) groups excluding carboxylic acids is 4. The number of hydrogen-bond donors (Lipinski definition) is 2. The maximum Gasteiger partial charge on any atom is 0.337 e. The van der Waals surface area contributed by atoms with Gasteiger partial charge in [0.2, 0.25) is 5.91 Å². The number of hydrogen-bond acceptors (Lipinski definition) is 5. The van der Waals surface area contributed by atoms with E-state index >= 15 is 0 Å². The lowest BCUT2D eigenvalue weighted by atomic mass is 9.92. The number of rotatable bonds is 6. The van der Waals surface area contributed by atoms with Crippen LogP contribution >= 0.6 is 23.2 Å². The smallest absolute Gasteiger partial charge is 0.337 e. The maximum atomic E-state index is 12.9. The summed E-state index contributed by atoms with van der Waals surface area (Å²) < 4.78 is 4.63. The molecule has 0 spiro atoms. The van der Waals surface area contributed by atoms with Crippen LogP contribution in [0.2, 0.25) is 10.0 Å². The van der Waals surface area contributed by atoms with Crippen molar-refractivity contribution in [2.75, 3.05) is 13.7 Å². The molecule has 0 aliphatic carbocycles. The fourth-order valence-corrected chi connectivity index (χ4v) is 3.79. The van der Waals surface area contributed by atoms with Crippen molar-refractivity contribution < 1.29 is 23.9 Å². The van der Waals surface area contributed by atoms with Crippen molar-refractivity contribution in [3.63, 3.8) is 0 Å². The molecule has 0 radical (unpaired) electrons. The van der Waals surface area contributed by atoms with E-state index in [1.54, 1.807) is 36.4 Å². The third-order valence-corrected chi connectivity index (χ3v) is 5.46.